The zero-order valence-electron chi connectivity index (χ0n) is 11.0. The Bertz CT molecular complexity index is 641. The van der Waals surface area contributed by atoms with Crippen LogP contribution in [0.2, 0.25) is 0 Å². The van der Waals surface area contributed by atoms with Gasteiger partial charge in [-0.05, 0) is 18.2 Å². The van der Waals surface area contributed by atoms with Crippen molar-refractivity contribution < 1.29 is 0 Å². The molecule has 0 aliphatic carbocycles. The van der Waals surface area contributed by atoms with Gasteiger partial charge in [0.2, 0.25) is 0 Å². The number of para-hydroxylation sites is 2. The molecule has 0 atom stereocenters. The average Bonchev–Trinajstić information content (AvgIpc) is 2.48. The van der Waals surface area contributed by atoms with E-state index in [0.29, 0.717) is 0 Å². The van der Waals surface area contributed by atoms with Gasteiger partial charge in [-0.3, -0.25) is 4.90 Å². The fourth-order valence-corrected chi connectivity index (χ4v) is 2.40. The summed E-state index contributed by atoms with van der Waals surface area (Å²) in [6.45, 7) is 6.38. The van der Waals surface area contributed by atoms with Gasteiger partial charge >= 0.3 is 0 Å². The number of rotatable bonds is 2. The maximum absolute atomic E-state index is 4.75. The highest BCUT2D eigenvalue weighted by atomic mass is 15.2. The van der Waals surface area contributed by atoms with Crippen molar-refractivity contribution in [3.8, 4) is 0 Å². The molecule has 0 saturated heterocycles. The van der Waals surface area contributed by atoms with Crippen LogP contribution in [0.5, 0.6) is 0 Å². The number of anilines is 1. The highest BCUT2D eigenvalue weighted by molar-refractivity contribution is 6.12. The zero-order valence-corrected chi connectivity index (χ0v) is 11.0. The van der Waals surface area contributed by atoms with E-state index in [9.17, 15) is 0 Å². The fourth-order valence-electron chi connectivity index (χ4n) is 2.40. The van der Waals surface area contributed by atoms with Crippen LogP contribution < -0.4 is 4.90 Å². The van der Waals surface area contributed by atoms with Gasteiger partial charge in [-0.25, -0.2) is 4.99 Å². The monoisotopic (exact) mass is 248 g/mol. The van der Waals surface area contributed by atoms with E-state index in [1.165, 1.54) is 0 Å². The lowest BCUT2D eigenvalue weighted by atomic mass is 10.1. The number of nitrogens with zero attached hydrogens (tertiary/aromatic N) is 2. The molecule has 0 saturated carbocycles. The summed E-state index contributed by atoms with van der Waals surface area (Å²) in [7, 11) is 0. The number of benzene rings is 2. The second kappa shape index (κ2) is 4.73. The van der Waals surface area contributed by atoms with Gasteiger partial charge in [0.15, 0.2) is 0 Å². The van der Waals surface area contributed by atoms with Crippen LogP contribution in [-0.4, -0.2) is 5.84 Å². The molecule has 0 amide bonds. The molecule has 0 radical (unpaired) electrons. The predicted octanol–water partition coefficient (Wildman–Crippen LogP) is 4.62. The molecule has 0 fully saturated rings. The third-order valence-corrected chi connectivity index (χ3v) is 3.32. The Morgan fingerprint density at radius 1 is 1.00 bits per heavy atom. The summed E-state index contributed by atoms with van der Waals surface area (Å²) in [6, 6.07) is 18.4. The van der Waals surface area contributed by atoms with Crippen molar-refractivity contribution in [1.82, 2.24) is 0 Å². The maximum Gasteiger partial charge on any atom is 0.114 e. The summed E-state index contributed by atoms with van der Waals surface area (Å²) in [5.74, 6) is 1.04. The molecule has 0 unspecified atom stereocenters. The van der Waals surface area contributed by atoms with Gasteiger partial charge in [0.1, 0.15) is 5.84 Å². The van der Waals surface area contributed by atoms with Gasteiger partial charge in [-0.1, -0.05) is 49.9 Å². The summed E-state index contributed by atoms with van der Waals surface area (Å²) >= 11 is 0. The summed E-state index contributed by atoms with van der Waals surface area (Å²) in [6.07, 6.45) is 0.877. The topological polar surface area (TPSA) is 15.6 Å². The Kier molecular flexibility index (Phi) is 2.92. The highest BCUT2D eigenvalue weighted by Crippen LogP contribution is 2.36. The van der Waals surface area contributed by atoms with Gasteiger partial charge in [-0.2, -0.15) is 0 Å². The average molecular weight is 248 g/mol. The third-order valence-electron chi connectivity index (χ3n) is 3.32. The number of aliphatic imine (C=N–C) groups is 1. The smallest absolute Gasteiger partial charge is 0.114 e. The molecule has 1 aliphatic rings. The molecule has 2 heteroatoms. The first-order valence-electron chi connectivity index (χ1n) is 6.52. The Morgan fingerprint density at radius 2 is 1.68 bits per heavy atom. The molecular formula is C17H16N2. The molecule has 94 valence electrons. The molecule has 19 heavy (non-hydrogen) atoms. The van der Waals surface area contributed by atoms with Gasteiger partial charge in [0, 0.05) is 23.4 Å². The van der Waals surface area contributed by atoms with E-state index in [1.807, 2.05) is 36.4 Å². The lowest BCUT2D eigenvalue weighted by Crippen LogP contribution is -2.30. The largest absolute Gasteiger partial charge is 0.298 e. The first kappa shape index (κ1) is 11.7. The van der Waals surface area contributed by atoms with Crippen molar-refractivity contribution in [2.75, 3.05) is 4.90 Å². The van der Waals surface area contributed by atoms with Crippen molar-refractivity contribution in [2.24, 2.45) is 4.99 Å². The van der Waals surface area contributed by atoms with E-state index in [1.54, 1.807) is 0 Å². The summed E-state index contributed by atoms with van der Waals surface area (Å²) in [4.78, 5) is 6.90. The molecular weight excluding hydrogens is 232 g/mol. The molecule has 2 aromatic rings. The van der Waals surface area contributed by atoms with Crippen LogP contribution in [0.3, 0.4) is 0 Å². The van der Waals surface area contributed by atoms with E-state index in [4.69, 9.17) is 4.99 Å². The number of amidine groups is 1. The molecule has 2 nitrogen and oxygen atoms in total. The molecule has 0 aromatic heterocycles. The van der Waals surface area contributed by atoms with E-state index in [2.05, 4.69) is 36.6 Å². The standard InChI is InChI=1S/C17H16N2/c1-3-17-18-16-12-8-7-11-15(16)13(2)19(17)14-9-5-4-6-10-14/h4-12H,2-3H2,1H3. The zero-order chi connectivity index (χ0) is 13.2. The van der Waals surface area contributed by atoms with E-state index >= 15 is 0 Å². The van der Waals surface area contributed by atoms with E-state index in [-0.39, 0.29) is 0 Å². The Hall–Kier alpha value is -2.35. The van der Waals surface area contributed by atoms with Gasteiger partial charge in [0.25, 0.3) is 0 Å². The minimum atomic E-state index is 0.877. The van der Waals surface area contributed by atoms with Crippen molar-refractivity contribution in [2.45, 2.75) is 13.3 Å². The first-order chi connectivity index (χ1) is 9.31. The van der Waals surface area contributed by atoms with Crippen LogP contribution in [0, 0.1) is 0 Å². The summed E-state index contributed by atoms with van der Waals surface area (Å²) < 4.78 is 0. The van der Waals surface area contributed by atoms with Gasteiger partial charge in [-0.15, -0.1) is 0 Å². The van der Waals surface area contributed by atoms with Gasteiger partial charge < -0.3 is 0 Å². The Labute approximate surface area is 113 Å². The fraction of sp³-hybridized carbons (Fsp3) is 0.118. The number of fused-ring (bicyclic) bond motifs is 1. The van der Waals surface area contributed by atoms with Crippen LogP contribution in [-0.2, 0) is 0 Å². The van der Waals surface area contributed by atoms with Crippen molar-refractivity contribution >= 4 is 22.9 Å². The molecule has 0 bridgehead atoms. The molecule has 0 spiro atoms. The Morgan fingerprint density at radius 3 is 2.42 bits per heavy atom. The predicted molar refractivity (Wildman–Crippen MR) is 81.8 cm³/mol. The molecule has 2 aromatic carbocycles. The summed E-state index contributed by atoms with van der Waals surface area (Å²) in [5, 5.41) is 0. The maximum atomic E-state index is 4.75. The van der Waals surface area contributed by atoms with Crippen LogP contribution in [0.25, 0.3) is 5.70 Å². The van der Waals surface area contributed by atoms with Gasteiger partial charge in [0.05, 0.1) is 5.69 Å². The molecule has 1 heterocycles. The third kappa shape index (κ3) is 1.95. The normalized spacial score (nSPS) is 14.1. The van der Waals surface area contributed by atoms with Crippen LogP contribution in [0.1, 0.15) is 18.9 Å². The van der Waals surface area contributed by atoms with E-state index in [0.717, 1.165) is 34.9 Å². The molecule has 1 aliphatic heterocycles. The lowest BCUT2D eigenvalue weighted by Gasteiger charge is -2.32. The molecule has 0 N–H and O–H groups in total. The minimum absolute atomic E-state index is 0.877. The first-order valence-corrected chi connectivity index (χ1v) is 6.52. The Balaban J connectivity index is 2.15. The number of hydrogen-bond acceptors (Lipinski definition) is 2. The lowest BCUT2D eigenvalue weighted by molar-refractivity contribution is 1.16. The van der Waals surface area contributed by atoms with E-state index < -0.39 is 0 Å². The quantitative estimate of drug-likeness (QED) is 0.757. The second-order valence-corrected chi connectivity index (χ2v) is 4.52. The highest BCUT2D eigenvalue weighted by Gasteiger charge is 2.23. The number of hydrogen-bond donors (Lipinski definition) is 0. The van der Waals surface area contributed by atoms with Crippen LogP contribution in [0.4, 0.5) is 11.4 Å². The SMILES string of the molecule is C=C1c2ccccc2N=C(CC)N1c1ccccc1. The van der Waals surface area contributed by atoms with Crippen LogP contribution >= 0.6 is 0 Å². The summed E-state index contributed by atoms with van der Waals surface area (Å²) in [5.41, 5.74) is 4.22. The second-order valence-electron chi connectivity index (χ2n) is 4.52. The molecule has 3 rings (SSSR count). The van der Waals surface area contributed by atoms with Crippen LogP contribution in [0.15, 0.2) is 66.2 Å². The van der Waals surface area contributed by atoms with Crippen molar-refractivity contribution in [3.63, 3.8) is 0 Å². The minimum Gasteiger partial charge on any atom is -0.298 e. The van der Waals surface area contributed by atoms with Crippen molar-refractivity contribution in [1.29, 1.82) is 0 Å². The van der Waals surface area contributed by atoms with Crippen molar-refractivity contribution in [3.05, 3.63) is 66.7 Å².